The van der Waals surface area contributed by atoms with Gasteiger partial charge in [0.2, 0.25) is 29.5 Å². The number of Topliss-reactive ketones (excluding diaryl/α,β-unsaturated/α-hetero) is 1. The van der Waals surface area contributed by atoms with E-state index in [4.69, 9.17) is 4.42 Å². The van der Waals surface area contributed by atoms with Gasteiger partial charge in [-0.25, -0.2) is 5.84 Å². The first-order valence-corrected chi connectivity index (χ1v) is 10.1. The van der Waals surface area contributed by atoms with Crippen molar-refractivity contribution in [3.05, 3.63) is 11.8 Å². The van der Waals surface area contributed by atoms with Crippen LogP contribution in [0.3, 0.4) is 0 Å². The Morgan fingerprint density at radius 1 is 0.794 bits per heavy atom. The maximum absolute atomic E-state index is 10.4. The lowest BCUT2D eigenvalue weighted by atomic mass is 10.4. The van der Waals surface area contributed by atoms with E-state index in [0.29, 0.717) is 24.6 Å². The Morgan fingerprint density at radius 3 is 1.32 bits per heavy atom. The van der Waals surface area contributed by atoms with Gasteiger partial charge >= 0.3 is 0 Å². The molecule has 0 saturated carbocycles. The minimum atomic E-state index is -0.267. The van der Waals surface area contributed by atoms with Crippen molar-refractivity contribution < 1.29 is 23.6 Å². The summed E-state index contributed by atoms with van der Waals surface area (Å²) in [7, 11) is 4.50. The van der Waals surface area contributed by atoms with E-state index in [1.165, 1.54) is 35.0 Å². The first kappa shape index (κ1) is 48.5. The van der Waals surface area contributed by atoms with Gasteiger partial charge in [0.15, 0.2) is 0 Å². The summed E-state index contributed by atoms with van der Waals surface area (Å²) in [5.41, 5.74) is 19.7. The number of hydrogen-bond acceptors (Lipinski definition) is 11. The number of aromatic nitrogens is 2. The summed E-state index contributed by atoms with van der Waals surface area (Å²) in [6, 6.07) is 0. The largest absolute Gasteiger partial charge is 0.426 e. The van der Waals surface area contributed by atoms with Crippen molar-refractivity contribution in [2.75, 3.05) is 21.1 Å². The highest BCUT2D eigenvalue weighted by molar-refractivity contribution is 5.80. The Labute approximate surface area is 205 Å². The second kappa shape index (κ2) is 43.9. The number of aryl methyl sites for hydroxylation is 2. The molecule has 0 radical (unpaired) electrons. The number of carbonyl (C=O) groups is 4. The van der Waals surface area contributed by atoms with Crippen molar-refractivity contribution in [1.82, 2.24) is 26.5 Å². The molecule has 3 amide bonds. The van der Waals surface area contributed by atoms with E-state index in [1.54, 1.807) is 20.8 Å². The molecule has 0 saturated heterocycles. The average Bonchev–Trinajstić information content (AvgIpc) is 3.27. The molecule has 0 fully saturated rings. The molecule has 1 aromatic heterocycles. The SMILES string of the molecule is C.CC(=O)NN.CCC(=O)NNC(C)=O.CCC(C)=O.CCc1nnc(C)o1.CN.CN.CN. The highest BCUT2D eigenvalue weighted by atomic mass is 16.4. The summed E-state index contributed by atoms with van der Waals surface area (Å²) in [5.74, 6) is 5.50. The van der Waals surface area contributed by atoms with E-state index < -0.39 is 0 Å². The minimum Gasteiger partial charge on any atom is -0.426 e. The fraction of sp³-hybridized carbons (Fsp3) is 0.700. The Hall–Kier alpha value is -2.94. The number of hydrazine groups is 2. The van der Waals surface area contributed by atoms with Crippen LogP contribution in [0.1, 0.15) is 73.6 Å². The zero-order valence-electron chi connectivity index (χ0n) is 21.9. The summed E-state index contributed by atoms with van der Waals surface area (Å²) < 4.78 is 5.01. The molecule has 14 nitrogen and oxygen atoms in total. The van der Waals surface area contributed by atoms with Gasteiger partial charge in [0, 0.05) is 40.0 Å². The Bertz CT molecular complexity index is 554. The third-order valence-electron chi connectivity index (χ3n) is 2.27. The van der Waals surface area contributed by atoms with Gasteiger partial charge in [0.25, 0.3) is 0 Å². The fourth-order valence-corrected chi connectivity index (χ4v) is 0.726. The zero-order chi connectivity index (χ0) is 27.8. The van der Waals surface area contributed by atoms with Crippen molar-refractivity contribution in [2.45, 2.75) is 75.2 Å². The molecule has 0 bridgehead atoms. The van der Waals surface area contributed by atoms with Gasteiger partial charge in [-0.2, -0.15) is 0 Å². The molecule has 0 atom stereocenters. The van der Waals surface area contributed by atoms with Crippen LogP contribution in [0.15, 0.2) is 4.42 Å². The molecule has 34 heavy (non-hydrogen) atoms. The second-order valence-electron chi connectivity index (χ2n) is 4.91. The number of rotatable bonds is 3. The van der Waals surface area contributed by atoms with Crippen LogP contribution in [0.25, 0.3) is 0 Å². The third kappa shape index (κ3) is 63.0. The van der Waals surface area contributed by atoms with Gasteiger partial charge in [0.05, 0.1) is 0 Å². The highest BCUT2D eigenvalue weighted by Gasteiger charge is 1.95. The molecule has 0 aliphatic rings. The topological polar surface area (TPSA) is 247 Å². The summed E-state index contributed by atoms with van der Waals surface area (Å²) in [5, 5.41) is 7.39. The van der Waals surface area contributed by atoms with E-state index in [9.17, 15) is 19.2 Å². The van der Waals surface area contributed by atoms with Crippen LogP contribution >= 0.6 is 0 Å². The van der Waals surface area contributed by atoms with Crippen molar-refractivity contribution in [1.29, 1.82) is 0 Å². The van der Waals surface area contributed by atoms with Crippen molar-refractivity contribution in [3.63, 3.8) is 0 Å². The predicted octanol–water partition coefficient (Wildman–Crippen LogP) is -0.153. The number of nitrogens with zero attached hydrogens (tertiary/aromatic N) is 2. The lowest BCUT2D eigenvalue weighted by Crippen LogP contribution is -2.39. The van der Waals surface area contributed by atoms with Crippen molar-refractivity contribution >= 4 is 23.5 Å². The van der Waals surface area contributed by atoms with E-state index in [-0.39, 0.29) is 30.9 Å². The maximum atomic E-state index is 10.4. The monoisotopic (exact) mass is 497 g/mol. The highest BCUT2D eigenvalue weighted by Crippen LogP contribution is 1.96. The molecule has 14 heteroatoms. The fourth-order valence-electron chi connectivity index (χ4n) is 0.726. The van der Waals surface area contributed by atoms with Crippen LogP contribution in [-0.2, 0) is 25.6 Å². The zero-order valence-corrected chi connectivity index (χ0v) is 21.9. The quantitative estimate of drug-likeness (QED) is 0.164. The van der Waals surface area contributed by atoms with E-state index >= 15 is 0 Å². The van der Waals surface area contributed by atoms with Crippen LogP contribution in [0, 0.1) is 6.92 Å². The maximum Gasteiger partial charge on any atom is 0.238 e. The first-order chi connectivity index (χ1) is 15.5. The number of nitrogens with two attached hydrogens (primary N) is 4. The summed E-state index contributed by atoms with van der Waals surface area (Å²) in [6.45, 7) is 11.6. The Balaban J connectivity index is -0.0000000539. The summed E-state index contributed by atoms with van der Waals surface area (Å²) in [6.07, 6.45) is 1.86. The van der Waals surface area contributed by atoms with Crippen LogP contribution in [0.5, 0.6) is 0 Å². The third-order valence-corrected chi connectivity index (χ3v) is 2.27. The number of carbonyl (C=O) groups excluding carboxylic acids is 4. The molecule has 0 unspecified atom stereocenters. The lowest BCUT2D eigenvalue weighted by molar-refractivity contribution is -0.127. The van der Waals surface area contributed by atoms with Crippen LogP contribution in [0.4, 0.5) is 0 Å². The molecule has 206 valence electrons. The standard InChI is InChI=1S/C5H10N2O2.C5H8N2O.C4H8O.C2H6N2O.3CH5N.CH4/c1-3-5(9)7-6-4(2)8;1-3-5-7-6-4(2)8-5;1-3-4(2)5;1-2(5)4-3;3*1-2;/h3H2,1-2H3,(H,6,8)(H,7,9);3H2,1-2H3;3H2,1-2H3;3H2,1H3,(H,4,5);3*2H2,1H3;1H4. The molecular formula is C20H51N9O5. The van der Waals surface area contributed by atoms with Crippen LogP contribution in [0.2, 0.25) is 0 Å². The van der Waals surface area contributed by atoms with Crippen molar-refractivity contribution in [2.24, 2.45) is 23.0 Å². The number of hydrogen-bond donors (Lipinski definition) is 7. The summed E-state index contributed by atoms with van der Waals surface area (Å²) >= 11 is 0. The second-order valence-corrected chi connectivity index (χ2v) is 4.91. The Morgan fingerprint density at radius 2 is 1.18 bits per heavy atom. The molecule has 1 aromatic rings. The summed E-state index contributed by atoms with van der Waals surface area (Å²) in [4.78, 5) is 39.9. The van der Waals surface area contributed by atoms with Gasteiger partial charge in [-0.1, -0.05) is 28.2 Å². The molecule has 0 spiro atoms. The predicted molar refractivity (Wildman–Crippen MR) is 137 cm³/mol. The molecular weight excluding hydrogens is 446 g/mol. The van der Waals surface area contributed by atoms with Crippen LogP contribution < -0.4 is 39.3 Å². The van der Waals surface area contributed by atoms with Gasteiger partial charge in [-0.3, -0.25) is 30.7 Å². The number of amides is 3. The Kier molecular flexibility index (Phi) is 62.5. The first-order valence-electron chi connectivity index (χ1n) is 10.1. The molecule has 1 rings (SSSR count). The average molecular weight is 498 g/mol. The van der Waals surface area contributed by atoms with Crippen molar-refractivity contribution in [3.8, 4) is 0 Å². The van der Waals surface area contributed by atoms with E-state index in [2.05, 4.69) is 44.1 Å². The molecule has 11 N–H and O–H groups in total. The number of nitrogens with one attached hydrogen (secondary N) is 3. The van der Waals surface area contributed by atoms with Gasteiger partial charge in [-0.05, 0) is 28.1 Å². The molecule has 0 aliphatic heterocycles. The van der Waals surface area contributed by atoms with E-state index in [0.717, 1.165) is 6.42 Å². The molecule has 0 aliphatic carbocycles. The van der Waals surface area contributed by atoms with Gasteiger partial charge < -0.3 is 26.4 Å². The number of ketones is 1. The van der Waals surface area contributed by atoms with Crippen LogP contribution in [-0.4, -0.2) is 54.8 Å². The minimum absolute atomic E-state index is 0. The van der Waals surface area contributed by atoms with E-state index in [1.807, 2.05) is 19.3 Å². The molecule has 1 heterocycles. The molecule has 0 aromatic carbocycles. The lowest BCUT2D eigenvalue weighted by Gasteiger charge is -2.00. The normalized spacial score (nSPS) is 7.12. The van der Waals surface area contributed by atoms with Gasteiger partial charge in [0.1, 0.15) is 5.78 Å². The van der Waals surface area contributed by atoms with Gasteiger partial charge in [-0.15, -0.1) is 10.2 Å². The smallest absolute Gasteiger partial charge is 0.238 e.